The molecule has 0 bridgehead atoms. The Labute approximate surface area is 102 Å². The Morgan fingerprint density at radius 1 is 1.44 bits per heavy atom. The lowest BCUT2D eigenvalue weighted by Gasteiger charge is -2.08. The number of nitrogens with zero attached hydrogens (tertiary/aromatic N) is 1. The normalized spacial score (nSPS) is 9.67. The number of hydrogen-bond donors (Lipinski definition) is 0. The quantitative estimate of drug-likeness (QED) is 0.338. The van der Waals surface area contributed by atoms with Gasteiger partial charge in [-0.3, -0.25) is 19.7 Å². The lowest BCUT2D eigenvalue weighted by atomic mass is 10.1. The van der Waals surface area contributed by atoms with Gasteiger partial charge in [-0.25, -0.2) is 0 Å². The van der Waals surface area contributed by atoms with Crippen molar-refractivity contribution in [3.8, 4) is 5.75 Å². The molecule has 1 aromatic carbocycles. The van der Waals surface area contributed by atoms with Gasteiger partial charge in [0, 0.05) is 11.6 Å². The lowest BCUT2D eigenvalue weighted by Crippen LogP contribution is -2.07. The molecule has 0 radical (unpaired) electrons. The molecule has 0 heterocycles. The van der Waals surface area contributed by atoms with Crippen LogP contribution in [-0.4, -0.2) is 31.4 Å². The highest BCUT2D eigenvalue weighted by Gasteiger charge is 2.19. The Morgan fingerprint density at radius 2 is 2.11 bits per heavy atom. The van der Waals surface area contributed by atoms with E-state index in [1.807, 2.05) is 0 Å². The van der Waals surface area contributed by atoms with Gasteiger partial charge in [0.1, 0.15) is 5.75 Å². The van der Waals surface area contributed by atoms with Crippen LogP contribution in [0.5, 0.6) is 5.75 Å². The number of carbonyl (C=O) groups excluding carboxylic acids is 2. The minimum Gasteiger partial charge on any atom is -0.496 e. The van der Waals surface area contributed by atoms with E-state index in [0.717, 1.165) is 6.07 Å². The maximum Gasteiger partial charge on any atom is 0.310 e. The van der Waals surface area contributed by atoms with Crippen LogP contribution in [-0.2, 0) is 16.0 Å². The molecule has 0 aliphatic heterocycles. The van der Waals surface area contributed by atoms with E-state index in [-0.39, 0.29) is 23.4 Å². The third-order valence-corrected chi connectivity index (χ3v) is 2.32. The summed E-state index contributed by atoms with van der Waals surface area (Å²) < 4.78 is 9.46. The van der Waals surface area contributed by atoms with Crippen molar-refractivity contribution in [1.82, 2.24) is 0 Å². The third kappa shape index (κ3) is 2.82. The molecule has 0 aliphatic carbocycles. The van der Waals surface area contributed by atoms with E-state index >= 15 is 0 Å². The summed E-state index contributed by atoms with van der Waals surface area (Å²) in [5.74, 6) is -0.324. The fourth-order valence-electron chi connectivity index (χ4n) is 1.44. The first-order valence-electron chi connectivity index (χ1n) is 4.90. The van der Waals surface area contributed by atoms with E-state index in [1.165, 1.54) is 20.3 Å². The number of ether oxygens (including phenoxy) is 2. The maximum absolute atomic E-state index is 11.2. The average molecular weight is 253 g/mol. The molecule has 7 heteroatoms. The second-order valence-electron chi connectivity index (χ2n) is 3.35. The highest BCUT2D eigenvalue weighted by Crippen LogP contribution is 2.28. The first kappa shape index (κ1) is 13.6. The molecule has 96 valence electrons. The highest BCUT2D eigenvalue weighted by molar-refractivity contribution is 5.84. The number of nitro benzene ring substituents is 1. The largest absolute Gasteiger partial charge is 0.496 e. The van der Waals surface area contributed by atoms with Crippen LogP contribution in [0.3, 0.4) is 0 Å². The molecule has 0 saturated carbocycles. The van der Waals surface area contributed by atoms with Gasteiger partial charge in [0.25, 0.3) is 5.69 Å². The lowest BCUT2D eigenvalue weighted by molar-refractivity contribution is -0.385. The first-order valence-corrected chi connectivity index (χ1v) is 4.90. The summed E-state index contributed by atoms with van der Waals surface area (Å²) in [5, 5.41) is 10.8. The van der Waals surface area contributed by atoms with Gasteiger partial charge in [0.2, 0.25) is 0 Å². The van der Waals surface area contributed by atoms with E-state index in [9.17, 15) is 19.7 Å². The number of esters is 1. The van der Waals surface area contributed by atoms with Gasteiger partial charge in [0.15, 0.2) is 6.29 Å². The van der Waals surface area contributed by atoms with Gasteiger partial charge in [-0.15, -0.1) is 0 Å². The predicted octanol–water partition coefficient (Wildman–Crippen LogP) is 1.13. The number of rotatable bonds is 5. The average Bonchev–Trinajstić information content (AvgIpc) is 2.37. The third-order valence-electron chi connectivity index (χ3n) is 2.32. The summed E-state index contributed by atoms with van der Waals surface area (Å²) in [6.45, 7) is 0. The van der Waals surface area contributed by atoms with Crippen LogP contribution in [0.4, 0.5) is 5.69 Å². The summed E-state index contributed by atoms with van der Waals surface area (Å²) in [4.78, 5) is 32.0. The van der Waals surface area contributed by atoms with Crippen LogP contribution in [0.25, 0.3) is 0 Å². The van der Waals surface area contributed by atoms with Crippen molar-refractivity contribution < 1.29 is 24.0 Å². The van der Waals surface area contributed by atoms with E-state index in [1.54, 1.807) is 0 Å². The molecule has 0 saturated heterocycles. The minimum atomic E-state index is -0.691. The summed E-state index contributed by atoms with van der Waals surface area (Å²) >= 11 is 0. The SMILES string of the molecule is COC(=O)Cc1cc([N+](=O)[O-])c(C=O)cc1OC. The van der Waals surface area contributed by atoms with Crippen molar-refractivity contribution in [1.29, 1.82) is 0 Å². The van der Waals surface area contributed by atoms with Crippen LogP contribution < -0.4 is 4.74 Å². The molecule has 0 fully saturated rings. The van der Waals surface area contributed by atoms with Gasteiger partial charge in [-0.05, 0) is 6.07 Å². The van der Waals surface area contributed by atoms with E-state index < -0.39 is 10.9 Å². The topological polar surface area (TPSA) is 95.7 Å². The summed E-state index contributed by atoms with van der Waals surface area (Å²) in [6.07, 6.45) is 0.197. The van der Waals surface area contributed by atoms with Crippen molar-refractivity contribution in [2.24, 2.45) is 0 Å². The van der Waals surface area contributed by atoms with E-state index in [0.29, 0.717) is 11.8 Å². The van der Waals surface area contributed by atoms with Crippen molar-refractivity contribution in [3.05, 3.63) is 33.4 Å². The van der Waals surface area contributed by atoms with Gasteiger partial charge in [-0.2, -0.15) is 0 Å². The molecule has 0 spiro atoms. The number of methoxy groups -OCH3 is 2. The molecule has 0 unspecified atom stereocenters. The summed E-state index contributed by atoms with van der Waals surface area (Å²) in [7, 11) is 2.56. The van der Waals surface area contributed by atoms with Crippen LogP contribution in [0.1, 0.15) is 15.9 Å². The maximum atomic E-state index is 11.2. The van der Waals surface area contributed by atoms with Crippen LogP contribution >= 0.6 is 0 Å². The number of aldehydes is 1. The van der Waals surface area contributed by atoms with Crippen molar-refractivity contribution in [3.63, 3.8) is 0 Å². The molecular formula is C11H11NO6. The summed E-state index contributed by atoms with van der Waals surface area (Å²) in [6, 6.07) is 2.36. The van der Waals surface area contributed by atoms with Crippen LogP contribution in [0.15, 0.2) is 12.1 Å². The van der Waals surface area contributed by atoms with E-state index in [2.05, 4.69) is 4.74 Å². The molecule has 7 nitrogen and oxygen atoms in total. The van der Waals surface area contributed by atoms with Gasteiger partial charge >= 0.3 is 5.97 Å². The molecule has 0 amide bonds. The smallest absolute Gasteiger partial charge is 0.310 e. The molecule has 18 heavy (non-hydrogen) atoms. The molecule has 0 aromatic heterocycles. The number of carbonyl (C=O) groups is 2. The molecule has 0 N–H and O–H groups in total. The molecular weight excluding hydrogens is 242 g/mol. The Bertz CT molecular complexity index is 497. The Hall–Kier alpha value is -2.44. The highest BCUT2D eigenvalue weighted by atomic mass is 16.6. The second-order valence-corrected chi connectivity index (χ2v) is 3.35. The van der Waals surface area contributed by atoms with Crippen molar-refractivity contribution >= 4 is 17.9 Å². The zero-order valence-electron chi connectivity index (χ0n) is 9.84. The predicted molar refractivity (Wildman–Crippen MR) is 60.8 cm³/mol. The zero-order chi connectivity index (χ0) is 13.7. The van der Waals surface area contributed by atoms with E-state index in [4.69, 9.17) is 4.74 Å². The Morgan fingerprint density at radius 3 is 2.56 bits per heavy atom. The van der Waals surface area contributed by atoms with Crippen LogP contribution in [0, 0.1) is 10.1 Å². The number of nitro groups is 1. The monoisotopic (exact) mass is 253 g/mol. The van der Waals surface area contributed by atoms with Gasteiger partial charge in [0.05, 0.1) is 31.1 Å². The second kappa shape index (κ2) is 5.76. The molecule has 0 atom stereocenters. The fraction of sp³-hybridized carbons (Fsp3) is 0.273. The molecule has 1 aromatic rings. The molecule has 0 aliphatic rings. The standard InChI is InChI=1S/C11H11NO6/c1-17-10-4-8(6-13)9(12(15)16)3-7(10)5-11(14)18-2/h3-4,6H,5H2,1-2H3. The van der Waals surface area contributed by atoms with Gasteiger partial charge in [-0.1, -0.05) is 0 Å². The Kier molecular flexibility index (Phi) is 4.36. The zero-order valence-corrected chi connectivity index (χ0v) is 9.84. The van der Waals surface area contributed by atoms with Gasteiger partial charge < -0.3 is 9.47 Å². The van der Waals surface area contributed by atoms with Crippen molar-refractivity contribution in [2.45, 2.75) is 6.42 Å². The number of hydrogen-bond acceptors (Lipinski definition) is 6. The first-order chi connectivity index (χ1) is 8.53. The fourth-order valence-corrected chi connectivity index (χ4v) is 1.44. The summed E-state index contributed by atoms with van der Waals surface area (Å²) in [5.41, 5.74) is -0.184. The van der Waals surface area contributed by atoms with Crippen molar-refractivity contribution in [2.75, 3.05) is 14.2 Å². The Balaban J connectivity index is 3.31. The number of benzene rings is 1. The minimum absolute atomic E-state index is 0.106. The molecule has 1 rings (SSSR count). The van der Waals surface area contributed by atoms with Crippen LogP contribution in [0.2, 0.25) is 0 Å².